The normalized spacial score (nSPS) is 11.2. The SMILES string of the molecule is Cc1ccccc1-c1ccccc1Nc1ccc(N)cc1-c1cccc2c1oc1ccccc12. The maximum absolute atomic E-state index is 6.32. The van der Waals surface area contributed by atoms with Crippen molar-refractivity contribution in [1.29, 1.82) is 0 Å². The summed E-state index contributed by atoms with van der Waals surface area (Å²) < 4.78 is 6.32. The van der Waals surface area contributed by atoms with Crippen molar-refractivity contribution in [1.82, 2.24) is 0 Å². The van der Waals surface area contributed by atoms with Gasteiger partial charge in [0.15, 0.2) is 0 Å². The van der Waals surface area contributed by atoms with Crippen LogP contribution >= 0.6 is 0 Å². The van der Waals surface area contributed by atoms with Gasteiger partial charge in [0.25, 0.3) is 0 Å². The third-order valence-electron chi connectivity index (χ3n) is 6.37. The number of para-hydroxylation sites is 3. The maximum Gasteiger partial charge on any atom is 0.143 e. The summed E-state index contributed by atoms with van der Waals surface area (Å²) in [6.07, 6.45) is 0. The van der Waals surface area contributed by atoms with Crippen LogP contribution in [-0.4, -0.2) is 0 Å². The van der Waals surface area contributed by atoms with Gasteiger partial charge in [-0.1, -0.05) is 78.9 Å². The summed E-state index contributed by atoms with van der Waals surface area (Å²) in [5.74, 6) is 0. The Hall–Kier alpha value is -4.50. The fourth-order valence-corrected chi connectivity index (χ4v) is 4.70. The largest absolute Gasteiger partial charge is 0.455 e. The van der Waals surface area contributed by atoms with E-state index in [1.807, 2.05) is 36.4 Å². The van der Waals surface area contributed by atoms with Crippen LogP contribution in [0.5, 0.6) is 0 Å². The van der Waals surface area contributed by atoms with E-state index in [4.69, 9.17) is 10.2 Å². The molecule has 0 saturated heterocycles. The molecular weight excluding hydrogens is 416 g/mol. The Morgan fingerprint density at radius 3 is 2.15 bits per heavy atom. The van der Waals surface area contributed by atoms with Crippen molar-refractivity contribution >= 4 is 39.0 Å². The molecule has 1 aromatic heterocycles. The molecule has 0 saturated carbocycles. The highest BCUT2D eigenvalue weighted by Crippen LogP contribution is 2.41. The van der Waals surface area contributed by atoms with Gasteiger partial charge in [0.05, 0.1) is 0 Å². The number of nitrogens with two attached hydrogens (primary N) is 1. The van der Waals surface area contributed by atoms with Crippen molar-refractivity contribution in [2.75, 3.05) is 11.1 Å². The topological polar surface area (TPSA) is 51.2 Å². The summed E-state index contributed by atoms with van der Waals surface area (Å²) in [7, 11) is 0. The highest BCUT2D eigenvalue weighted by molar-refractivity contribution is 6.10. The van der Waals surface area contributed by atoms with Crippen LogP contribution in [0.1, 0.15) is 5.56 Å². The van der Waals surface area contributed by atoms with Gasteiger partial charge in [-0.3, -0.25) is 0 Å². The summed E-state index contributed by atoms with van der Waals surface area (Å²) in [4.78, 5) is 0. The van der Waals surface area contributed by atoms with E-state index in [2.05, 4.69) is 85.0 Å². The Balaban J connectivity index is 1.52. The Kier molecular flexibility index (Phi) is 4.81. The number of hydrogen-bond donors (Lipinski definition) is 2. The third-order valence-corrected chi connectivity index (χ3v) is 6.37. The van der Waals surface area contributed by atoms with Gasteiger partial charge < -0.3 is 15.5 Å². The van der Waals surface area contributed by atoms with Crippen molar-refractivity contribution in [3.63, 3.8) is 0 Å². The molecule has 6 rings (SSSR count). The van der Waals surface area contributed by atoms with Gasteiger partial charge in [-0.25, -0.2) is 0 Å². The molecule has 164 valence electrons. The van der Waals surface area contributed by atoms with E-state index in [1.54, 1.807) is 0 Å². The predicted molar refractivity (Wildman–Crippen MR) is 143 cm³/mol. The van der Waals surface area contributed by atoms with Crippen LogP contribution < -0.4 is 11.1 Å². The van der Waals surface area contributed by atoms with Crippen LogP contribution in [0.25, 0.3) is 44.2 Å². The summed E-state index contributed by atoms with van der Waals surface area (Å²) >= 11 is 0. The lowest BCUT2D eigenvalue weighted by molar-refractivity contribution is 0.670. The van der Waals surface area contributed by atoms with Gasteiger partial charge in [0, 0.05) is 44.5 Å². The number of furan rings is 1. The minimum Gasteiger partial charge on any atom is -0.455 e. The molecule has 3 N–H and O–H groups in total. The Bertz CT molecular complexity index is 1660. The van der Waals surface area contributed by atoms with E-state index < -0.39 is 0 Å². The molecule has 5 aromatic carbocycles. The molecule has 1 heterocycles. The van der Waals surface area contributed by atoms with Crippen LogP contribution in [0.2, 0.25) is 0 Å². The Morgan fingerprint density at radius 1 is 0.588 bits per heavy atom. The van der Waals surface area contributed by atoms with Gasteiger partial charge in [-0.05, 0) is 48.4 Å². The molecule has 3 nitrogen and oxygen atoms in total. The van der Waals surface area contributed by atoms with Crippen molar-refractivity contribution in [2.45, 2.75) is 6.92 Å². The molecule has 0 aliphatic rings. The van der Waals surface area contributed by atoms with Crippen molar-refractivity contribution in [3.8, 4) is 22.3 Å². The Labute approximate surface area is 198 Å². The predicted octanol–water partition coefficient (Wildman–Crippen LogP) is 8.55. The lowest BCUT2D eigenvalue weighted by Gasteiger charge is -2.17. The molecule has 0 radical (unpaired) electrons. The first-order valence-corrected chi connectivity index (χ1v) is 11.4. The zero-order valence-electron chi connectivity index (χ0n) is 18.9. The number of aryl methyl sites for hydroxylation is 1. The van der Waals surface area contributed by atoms with Crippen molar-refractivity contribution < 1.29 is 4.42 Å². The van der Waals surface area contributed by atoms with E-state index in [-0.39, 0.29) is 0 Å². The van der Waals surface area contributed by atoms with Crippen LogP contribution in [0.4, 0.5) is 17.1 Å². The molecule has 0 atom stereocenters. The number of anilines is 3. The zero-order valence-corrected chi connectivity index (χ0v) is 18.9. The maximum atomic E-state index is 6.32. The van der Waals surface area contributed by atoms with Gasteiger partial charge >= 0.3 is 0 Å². The fraction of sp³-hybridized carbons (Fsp3) is 0.0323. The summed E-state index contributed by atoms with van der Waals surface area (Å²) in [6.45, 7) is 2.14. The standard InChI is InChI=1S/C31H24N2O/c1-20-9-2-3-10-22(20)23-11-4-6-15-28(23)33-29-18-17-21(32)19-27(29)26-14-8-13-25-24-12-5-7-16-30(24)34-31(25)26/h2-19,33H,32H2,1H3. The first-order valence-electron chi connectivity index (χ1n) is 11.4. The van der Waals surface area contributed by atoms with E-state index in [9.17, 15) is 0 Å². The zero-order chi connectivity index (χ0) is 23.1. The number of hydrogen-bond acceptors (Lipinski definition) is 3. The van der Waals surface area contributed by atoms with E-state index in [0.717, 1.165) is 50.0 Å². The minimum atomic E-state index is 0.709. The summed E-state index contributed by atoms with van der Waals surface area (Å²) in [6, 6.07) is 37.3. The molecule has 0 spiro atoms. The van der Waals surface area contributed by atoms with E-state index in [1.165, 1.54) is 11.1 Å². The Morgan fingerprint density at radius 2 is 1.26 bits per heavy atom. The van der Waals surface area contributed by atoms with Gasteiger partial charge in [0.1, 0.15) is 11.2 Å². The second-order valence-corrected chi connectivity index (χ2v) is 8.57. The second kappa shape index (κ2) is 8.13. The number of fused-ring (bicyclic) bond motifs is 3. The molecule has 0 fully saturated rings. The van der Waals surface area contributed by atoms with Gasteiger partial charge in [-0.15, -0.1) is 0 Å². The molecule has 0 unspecified atom stereocenters. The molecule has 34 heavy (non-hydrogen) atoms. The van der Waals surface area contributed by atoms with Gasteiger partial charge in [0.2, 0.25) is 0 Å². The number of nitrogens with one attached hydrogen (secondary N) is 1. The average Bonchev–Trinajstić information content (AvgIpc) is 3.25. The summed E-state index contributed by atoms with van der Waals surface area (Å²) in [5.41, 5.74) is 16.4. The minimum absolute atomic E-state index is 0.709. The van der Waals surface area contributed by atoms with Crippen LogP contribution in [0.15, 0.2) is 114 Å². The average molecular weight is 441 g/mol. The lowest BCUT2D eigenvalue weighted by atomic mass is 9.97. The van der Waals surface area contributed by atoms with Crippen molar-refractivity contribution in [2.24, 2.45) is 0 Å². The lowest BCUT2D eigenvalue weighted by Crippen LogP contribution is -1.98. The van der Waals surface area contributed by atoms with E-state index in [0.29, 0.717) is 5.69 Å². The molecule has 0 aliphatic carbocycles. The third kappa shape index (κ3) is 3.39. The highest BCUT2D eigenvalue weighted by Gasteiger charge is 2.16. The van der Waals surface area contributed by atoms with Crippen LogP contribution in [0.3, 0.4) is 0 Å². The van der Waals surface area contributed by atoms with E-state index >= 15 is 0 Å². The number of benzene rings is 5. The van der Waals surface area contributed by atoms with Crippen LogP contribution in [-0.2, 0) is 0 Å². The number of nitrogen functional groups attached to an aromatic ring is 1. The molecule has 3 heteroatoms. The van der Waals surface area contributed by atoms with Crippen LogP contribution in [0, 0.1) is 6.92 Å². The van der Waals surface area contributed by atoms with Crippen molar-refractivity contribution in [3.05, 3.63) is 115 Å². The second-order valence-electron chi connectivity index (χ2n) is 8.57. The monoisotopic (exact) mass is 440 g/mol. The fourth-order valence-electron chi connectivity index (χ4n) is 4.70. The molecular formula is C31H24N2O. The molecule has 0 amide bonds. The molecule has 0 aliphatic heterocycles. The highest BCUT2D eigenvalue weighted by atomic mass is 16.3. The molecule has 0 bridgehead atoms. The first-order chi connectivity index (χ1) is 16.7. The number of rotatable bonds is 4. The van der Waals surface area contributed by atoms with Gasteiger partial charge in [-0.2, -0.15) is 0 Å². The summed E-state index contributed by atoms with van der Waals surface area (Å²) in [5, 5.41) is 5.91. The first kappa shape index (κ1) is 20.1. The quantitative estimate of drug-likeness (QED) is 0.270. The molecule has 6 aromatic rings. The smallest absolute Gasteiger partial charge is 0.143 e.